The third-order valence-electron chi connectivity index (χ3n) is 6.85. The monoisotopic (exact) mass is 509 g/mol. The van der Waals surface area contributed by atoms with Crippen LogP contribution in [0.15, 0.2) is 96.0 Å². The van der Waals surface area contributed by atoms with Gasteiger partial charge < -0.3 is 10.6 Å². The molecule has 0 saturated carbocycles. The van der Waals surface area contributed by atoms with E-state index in [1.54, 1.807) is 54.6 Å². The Morgan fingerprint density at radius 3 is 2.47 bits per heavy atom. The zero-order chi connectivity index (χ0) is 26.5. The molecule has 4 aromatic rings. The van der Waals surface area contributed by atoms with Gasteiger partial charge in [0.1, 0.15) is 11.6 Å². The summed E-state index contributed by atoms with van der Waals surface area (Å²) >= 11 is 0. The van der Waals surface area contributed by atoms with Crippen LogP contribution in [0, 0.1) is 11.6 Å². The first-order chi connectivity index (χ1) is 18.5. The number of rotatable bonds is 7. The van der Waals surface area contributed by atoms with E-state index in [0.717, 1.165) is 47.5 Å². The summed E-state index contributed by atoms with van der Waals surface area (Å²) in [7, 11) is 0. The van der Waals surface area contributed by atoms with E-state index in [1.165, 1.54) is 23.8 Å². The Kier molecular flexibility index (Phi) is 7.59. The van der Waals surface area contributed by atoms with E-state index in [0.29, 0.717) is 17.7 Å². The number of halogens is 2. The molecular weight excluding hydrogens is 480 g/mol. The number of benzene rings is 4. The number of amides is 1. The molecule has 0 aromatic heterocycles. The predicted octanol–water partition coefficient (Wildman–Crippen LogP) is 7.12. The van der Waals surface area contributed by atoms with Gasteiger partial charge in [-0.15, -0.1) is 0 Å². The van der Waals surface area contributed by atoms with Crippen molar-refractivity contribution in [3.63, 3.8) is 0 Å². The standard InChI is InChI=1S/C32H29F2N3O/c1-21(35-19-18-22-6-14-26(33)15-7-22)36-27-16-12-24-13-17-31(29(24)20-27)37-32(38)25-10-8-23(9-11-25)28-4-2-3-5-30(28)34/h2-12,14-16,20,31H,13,17-19H2,1H3,(H,35,36)(H,37,38)/t31-/m1/s1. The Hall–Kier alpha value is -4.32. The molecule has 0 radical (unpaired) electrons. The molecule has 0 unspecified atom stereocenters. The maximum atomic E-state index is 14.1. The number of carbonyl (C=O) groups is 1. The lowest BCUT2D eigenvalue weighted by atomic mass is 10.0. The van der Waals surface area contributed by atoms with E-state index in [4.69, 9.17) is 0 Å². The van der Waals surface area contributed by atoms with Crippen LogP contribution in [0.2, 0.25) is 0 Å². The number of aliphatic imine (C=N–C) groups is 1. The molecule has 38 heavy (non-hydrogen) atoms. The maximum absolute atomic E-state index is 14.1. The molecule has 6 heteroatoms. The van der Waals surface area contributed by atoms with Gasteiger partial charge in [0.05, 0.1) is 11.9 Å². The molecule has 4 nitrogen and oxygen atoms in total. The van der Waals surface area contributed by atoms with E-state index in [-0.39, 0.29) is 23.6 Å². The molecule has 1 atom stereocenters. The topological polar surface area (TPSA) is 53.5 Å². The van der Waals surface area contributed by atoms with Crippen molar-refractivity contribution < 1.29 is 13.6 Å². The molecule has 192 valence electrons. The zero-order valence-corrected chi connectivity index (χ0v) is 21.2. The van der Waals surface area contributed by atoms with Gasteiger partial charge in [0, 0.05) is 23.4 Å². The van der Waals surface area contributed by atoms with Crippen LogP contribution in [0.1, 0.15) is 46.4 Å². The Balaban J connectivity index is 1.21. The van der Waals surface area contributed by atoms with Crippen LogP contribution in [0.4, 0.5) is 14.5 Å². The van der Waals surface area contributed by atoms with Gasteiger partial charge in [-0.25, -0.2) is 8.78 Å². The lowest BCUT2D eigenvalue weighted by molar-refractivity contribution is 0.0936. The average Bonchev–Trinajstić information content (AvgIpc) is 3.32. The molecule has 0 heterocycles. The van der Waals surface area contributed by atoms with Gasteiger partial charge in [-0.3, -0.25) is 9.79 Å². The number of hydrogen-bond donors (Lipinski definition) is 2. The second kappa shape index (κ2) is 11.4. The normalized spacial score (nSPS) is 14.7. The van der Waals surface area contributed by atoms with Crippen molar-refractivity contribution in [3.05, 3.63) is 125 Å². The Morgan fingerprint density at radius 2 is 1.71 bits per heavy atom. The van der Waals surface area contributed by atoms with Crippen LogP contribution in [-0.2, 0) is 12.8 Å². The highest BCUT2D eigenvalue weighted by Crippen LogP contribution is 2.33. The first kappa shape index (κ1) is 25.3. The van der Waals surface area contributed by atoms with E-state index in [1.807, 2.05) is 13.0 Å². The van der Waals surface area contributed by atoms with Crippen molar-refractivity contribution in [2.24, 2.45) is 4.99 Å². The minimum Gasteiger partial charge on any atom is -0.345 e. The molecule has 0 fully saturated rings. The Morgan fingerprint density at radius 1 is 0.947 bits per heavy atom. The van der Waals surface area contributed by atoms with Crippen LogP contribution >= 0.6 is 0 Å². The van der Waals surface area contributed by atoms with Crippen molar-refractivity contribution >= 4 is 17.4 Å². The largest absolute Gasteiger partial charge is 0.345 e. The zero-order valence-electron chi connectivity index (χ0n) is 21.2. The smallest absolute Gasteiger partial charge is 0.251 e. The highest BCUT2D eigenvalue weighted by Gasteiger charge is 2.25. The number of nitrogens with one attached hydrogen (secondary N) is 2. The van der Waals surface area contributed by atoms with Gasteiger partial charge in [0.15, 0.2) is 0 Å². The van der Waals surface area contributed by atoms with Gasteiger partial charge in [0.2, 0.25) is 0 Å². The summed E-state index contributed by atoms with van der Waals surface area (Å²) in [4.78, 5) is 17.6. The highest BCUT2D eigenvalue weighted by molar-refractivity contribution is 5.95. The van der Waals surface area contributed by atoms with Gasteiger partial charge in [0.25, 0.3) is 5.91 Å². The summed E-state index contributed by atoms with van der Waals surface area (Å²) in [6.07, 6.45) is 2.47. The number of anilines is 1. The van der Waals surface area contributed by atoms with Crippen molar-refractivity contribution in [1.82, 2.24) is 5.32 Å². The third-order valence-corrected chi connectivity index (χ3v) is 6.85. The van der Waals surface area contributed by atoms with Gasteiger partial charge >= 0.3 is 0 Å². The fourth-order valence-electron chi connectivity index (χ4n) is 4.82. The van der Waals surface area contributed by atoms with Crippen molar-refractivity contribution in [3.8, 4) is 11.1 Å². The molecule has 0 bridgehead atoms. The molecule has 0 spiro atoms. The summed E-state index contributed by atoms with van der Waals surface area (Å²) in [6.45, 7) is 2.52. The first-order valence-corrected chi connectivity index (χ1v) is 12.8. The molecule has 2 N–H and O–H groups in total. The number of fused-ring (bicyclic) bond motifs is 1. The number of aryl methyl sites for hydroxylation is 1. The molecule has 1 amide bonds. The molecule has 1 aliphatic carbocycles. The number of amidine groups is 1. The fourth-order valence-corrected chi connectivity index (χ4v) is 4.82. The van der Waals surface area contributed by atoms with Crippen LogP contribution < -0.4 is 10.6 Å². The van der Waals surface area contributed by atoms with Crippen LogP contribution in [0.3, 0.4) is 0 Å². The summed E-state index contributed by atoms with van der Waals surface area (Å²) in [5.74, 6) is 0.115. The number of carbonyl (C=O) groups excluding carboxylic acids is 1. The van der Waals surface area contributed by atoms with Crippen molar-refractivity contribution in [2.45, 2.75) is 32.2 Å². The molecule has 4 aromatic carbocycles. The van der Waals surface area contributed by atoms with E-state index in [2.05, 4.69) is 27.8 Å². The molecule has 0 aliphatic heterocycles. The average molecular weight is 510 g/mol. The van der Waals surface area contributed by atoms with E-state index < -0.39 is 0 Å². The fraction of sp³-hybridized carbons (Fsp3) is 0.188. The molecule has 1 aliphatic rings. The SMILES string of the molecule is CC(=NCCc1ccc(F)cc1)Nc1ccc2c(c1)[C@H](NC(=O)c1ccc(-c3ccccc3F)cc1)CC2. The summed E-state index contributed by atoms with van der Waals surface area (Å²) < 4.78 is 27.2. The lowest BCUT2D eigenvalue weighted by Crippen LogP contribution is -2.27. The van der Waals surface area contributed by atoms with Gasteiger partial charge in [-0.05, 0) is 90.9 Å². The van der Waals surface area contributed by atoms with Crippen LogP contribution in [0.5, 0.6) is 0 Å². The number of hydrogen-bond acceptors (Lipinski definition) is 2. The Bertz CT molecular complexity index is 1460. The second-order valence-corrected chi connectivity index (χ2v) is 9.50. The third kappa shape index (κ3) is 5.97. The number of nitrogens with zero attached hydrogens (tertiary/aromatic N) is 1. The van der Waals surface area contributed by atoms with Gasteiger partial charge in [-0.1, -0.05) is 48.5 Å². The Labute approximate surface area is 221 Å². The minimum absolute atomic E-state index is 0.0822. The van der Waals surface area contributed by atoms with Crippen LogP contribution in [0.25, 0.3) is 11.1 Å². The van der Waals surface area contributed by atoms with Crippen molar-refractivity contribution in [1.29, 1.82) is 0 Å². The maximum Gasteiger partial charge on any atom is 0.251 e. The van der Waals surface area contributed by atoms with E-state index >= 15 is 0 Å². The van der Waals surface area contributed by atoms with Crippen LogP contribution in [-0.4, -0.2) is 18.3 Å². The molecule has 0 saturated heterocycles. The van der Waals surface area contributed by atoms with Gasteiger partial charge in [-0.2, -0.15) is 0 Å². The lowest BCUT2D eigenvalue weighted by Gasteiger charge is -2.16. The summed E-state index contributed by atoms with van der Waals surface area (Å²) in [5, 5.41) is 6.51. The minimum atomic E-state index is -0.287. The first-order valence-electron chi connectivity index (χ1n) is 12.8. The highest BCUT2D eigenvalue weighted by atomic mass is 19.1. The molecule has 5 rings (SSSR count). The van der Waals surface area contributed by atoms with E-state index in [9.17, 15) is 13.6 Å². The van der Waals surface area contributed by atoms with Crippen molar-refractivity contribution in [2.75, 3.05) is 11.9 Å². The quantitative estimate of drug-likeness (QED) is 0.206. The summed E-state index contributed by atoms with van der Waals surface area (Å²) in [5.41, 5.74) is 6.07. The second-order valence-electron chi connectivity index (χ2n) is 9.50. The summed E-state index contributed by atoms with van der Waals surface area (Å²) in [6, 6.07) is 26.2. The predicted molar refractivity (Wildman–Crippen MR) is 149 cm³/mol. The molecular formula is C32H29F2N3O.